The molecule has 0 radical (unpaired) electrons. The molecule has 0 amide bonds. The largest absolute Gasteiger partial charge is 0.355 e. The lowest BCUT2D eigenvalue weighted by Crippen LogP contribution is -2.33. The van der Waals surface area contributed by atoms with E-state index in [1.54, 1.807) is 0 Å². The lowest BCUT2D eigenvalue weighted by Gasteiger charge is -2.14. The average Bonchev–Trinajstić information content (AvgIpc) is 2.96. The Morgan fingerprint density at radius 2 is 2.00 bits per heavy atom. The summed E-state index contributed by atoms with van der Waals surface area (Å²) in [4.78, 5) is 24.2. The van der Waals surface area contributed by atoms with Crippen LogP contribution in [-0.4, -0.2) is 22.7 Å². The van der Waals surface area contributed by atoms with Gasteiger partial charge in [-0.3, -0.25) is 14.3 Å². The maximum absolute atomic E-state index is 13.0. The van der Waals surface area contributed by atoms with Crippen LogP contribution in [0.4, 0.5) is 4.39 Å². The Kier molecular flexibility index (Phi) is 8.74. The van der Waals surface area contributed by atoms with Crippen molar-refractivity contribution in [3.8, 4) is 0 Å². The predicted octanol–water partition coefficient (Wildman–Crippen LogP) is 1.36. The first-order valence-corrected chi connectivity index (χ1v) is 6.86. The van der Waals surface area contributed by atoms with E-state index in [0.717, 1.165) is 23.6 Å². The molecule has 0 aromatic carbocycles. The van der Waals surface area contributed by atoms with Crippen LogP contribution in [0.3, 0.4) is 0 Å². The fourth-order valence-corrected chi connectivity index (χ4v) is 1.87. The lowest BCUT2D eigenvalue weighted by atomic mass is 10.2. The summed E-state index contributed by atoms with van der Waals surface area (Å²) in [7, 11) is 1.50. The van der Waals surface area contributed by atoms with Gasteiger partial charge in [0, 0.05) is 0 Å². The van der Waals surface area contributed by atoms with Crippen LogP contribution in [0.5, 0.6) is 0 Å². The van der Waals surface area contributed by atoms with Gasteiger partial charge in [-0.1, -0.05) is 20.8 Å². The highest BCUT2D eigenvalue weighted by molar-refractivity contribution is 4.89. The van der Waals surface area contributed by atoms with Crippen LogP contribution < -0.4 is 17.0 Å². The molecule has 7 heteroatoms. The molecule has 1 aliphatic heterocycles. The number of aromatic nitrogens is 2. The zero-order valence-electron chi connectivity index (χ0n) is 12.5. The van der Waals surface area contributed by atoms with E-state index in [9.17, 15) is 14.0 Å². The van der Waals surface area contributed by atoms with Crippen molar-refractivity contribution >= 4 is 0 Å². The van der Waals surface area contributed by atoms with E-state index >= 15 is 0 Å². The van der Waals surface area contributed by atoms with Crippen LogP contribution in [0.2, 0.25) is 0 Å². The summed E-state index contributed by atoms with van der Waals surface area (Å²) >= 11 is 0. The van der Waals surface area contributed by atoms with Gasteiger partial charge in [-0.25, -0.2) is 4.79 Å². The molecule has 0 saturated carbocycles. The highest BCUT2D eigenvalue weighted by atomic mass is 19.1. The fraction of sp³-hybridized carbons (Fsp3) is 0.692. The van der Waals surface area contributed by atoms with E-state index < -0.39 is 23.3 Å². The fourth-order valence-electron chi connectivity index (χ4n) is 1.87. The van der Waals surface area contributed by atoms with Gasteiger partial charge in [-0.15, -0.1) is 0 Å². The first-order valence-electron chi connectivity index (χ1n) is 6.86. The summed E-state index contributed by atoms with van der Waals surface area (Å²) in [6.07, 6.45) is 2.90. The van der Waals surface area contributed by atoms with E-state index in [-0.39, 0.29) is 6.10 Å². The smallest absolute Gasteiger partial charge is 0.330 e. The monoisotopic (exact) mass is 289 g/mol. The molecule has 2 heterocycles. The Morgan fingerprint density at radius 3 is 2.50 bits per heavy atom. The first-order chi connectivity index (χ1) is 9.61. The molecule has 1 aromatic heterocycles. The summed E-state index contributed by atoms with van der Waals surface area (Å²) in [5.41, 5.74) is 2.87. The quantitative estimate of drug-likeness (QED) is 0.860. The van der Waals surface area contributed by atoms with Gasteiger partial charge < -0.3 is 10.5 Å². The number of nitrogens with one attached hydrogen (secondary N) is 1. The van der Waals surface area contributed by atoms with Gasteiger partial charge in [0.05, 0.1) is 12.3 Å². The van der Waals surface area contributed by atoms with Crippen LogP contribution in [0.1, 0.15) is 46.3 Å². The molecule has 6 nitrogen and oxygen atoms in total. The van der Waals surface area contributed by atoms with Gasteiger partial charge in [-0.2, -0.15) is 4.39 Å². The Bertz CT molecular complexity index is 498. The molecule has 2 atom stereocenters. The van der Waals surface area contributed by atoms with E-state index in [4.69, 9.17) is 4.74 Å². The van der Waals surface area contributed by atoms with Gasteiger partial charge in [0.15, 0.2) is 0 Å². The highest BCUT2D eigenvalue weighted by Gasteiger charge is 2.26. The number of nitrogens with zero attached hydrogens (tertiary/aromatic N) is 1. The van der Waals surface area contributed by atoms with Crippen molar-refractivity contribution in [2.75, 3.05) is 7.05 Å². The minimum absolute atomic E-state index is 0.104. The average molecular weight is 289 g/mol. The zero-order valence-corrected chi connectivity index (χ0v) is 12.5. The molecule has 2 rings (SSSR count). The van der Waals surface area contributed by atoms with Crippen LogP contribution in [0.15, 0.2) is 15.8 Å². The minimum Gasteiger partial charge on any atom is -0.355 e. The number of hydrogen-bond acceptors (Lipinski definition) is 4. The van der Waals surface area contributed by atoms with Gasteiger partial charge in [0.2, 0.25) is 5.82 Å². The third kappa shape index (κ3) is 4.57. The van der Waals surface area contributed by atoms with Crippen molar-refractivity contribution in [3.63, 3.8) is 0 Å². The van der Waals surface area contributed by atoms with Crippen molar-refractivity contribution in [1.82, 2.24) is 9.55 Å². The number of halogens is 1. The number of H-pyrrole nitrogens is 1. The molecular formula is C13H24FN3O3. The molecular weight excluding hydrogens is 265 g/mol. The summed E-state index contributed by atoms with van der Waals surface area (Å²) in [5.74, 6) is -0.969. The number of ether oxygens (including phenoxy) is 1. The minimum atomic E-state index is -0.994. The maximum Gasteiger partial charge on any atom is 0.330 e. The number of rotatable bonds is 2. The van der Waals surface area contributed by atoms with E-state index in [1.807, 2.05) is 25.8 Å². The summed E-state index contributed by atoms with van der Waals surface area (Å²) in [6.45, 7) is 5.99. The lowest BCUT2D eigenvalue weighted by molar-refractivity contribution is -0.00260. The predicted molar refractivity (Wildman–Crippen MR) is 76.2 cm³/mol. The second-order valence-electron chi connectivity index (χ2n) is 3.84. The third-order valence-electron chi connectivity index (χ3n) is 2.78. The number of hydrogen-bond donors (Lipinski definition) is 2. The Balaban J connectivity index is 0.000000829. The Labute approximate surface area is 117 Å². The normalized spacial score (nSPS) is 20.5. The highest BCUT2D eigenvalue weighted by Crippen LogP contribution is 2.28. The summed E-state index contributed by atoms with van der Waals surface area (Å²) in [6, 6.07) is 0. The van der Waals surface area contributed by atoms with E-state index in [2.05, 4.69) is 5.73 Å². The molecule has 0 aliphatic carbocycles. The zero-order chi connectivity index (χ0) is 15.7. The third-order valence-corrected chi connectivity index (χ3v) is 2.78. The SMILES string of the molecule is CC.CCC1CCC(n2cc(F)c(=O)[nH]c2=O)O1.CN. The molecule has 3 N–H and O–H groups in total. The number of aromatic amines is 1. The molecule has 1 aliphatic rings. The standard InChI is InChI=1S/C10H13FN2O3.C2H6.CH5N/c1-2-6-3-4-8(16-6)13-5-7(11)9(14)12-10(13)15;2*1-2/h5-6,8H,2-4H2,1H3,(H,12,14,15);1-2H3;2H2,1H3. The molecule has 1 saturated heterocycles. The summed E-state index contributed by atoms with van der Waals surface area (Å²) < 4.78 is 19.7. The van der Waals surface area contributed by atoms with Crippen molar-refractivity contribution < 1.29 is 9.13 Å². The van der Waals surface area contributed by atoms with E-state index in [1.165, 1.54) is 7.05 Å². The van der Waals surface area contributed by atoms with Crippen molar-refractivity contribution in [2.24, 2.45) is 5.73 Å². The molecule has 1 fully saturated rings. The molecule has 0 bridgehead atoms. The van der Waals surface area contributed by atoms with Gasteiger partial charge in [0.1, 0.15) is 6.23 Å². The second-order valence-corrected chi connectivity index (χ2v) is 3.84. The molecule has 0 spiro atoms. The van der Waals surface area contributed by atoms with Crippen molar-refractivity contribution in [3.05, 3.63) is 32.9 Å². The molecule has 1 aromatic rings. The van der Waals surface area contributed by atoms with Gasteiger partial charge >= 0.3 is 5.69 Å². The van der Waals surface area contributed by atoms with Crippen molar-refractivity contribution in [2.45, 2.75) is 52.4 Å². The van der Waals surface area contributed by atoms with Crippen molar-refractivity contribution in [1.29, 1.82) is 0 Å². The van der Waals surface area contributed by atoms with Crippen LogP contribution in [0.25, 0.3) is 0 Å². The maximum atomic E-state index is 13.0. The van der Waals surface area contributed by atoms with Gasteiger partial charge in [0.25, 0.3) is 5.56 Å². The van der Waals surface area contributed by atoms with Gasteiger partial charge in [-0.05, 0) is 26.3 Å². The molecule has 20 heavy (non-hydrogen) atoms. The second kappa shape index (κ2) is 9.44. The first kappa shape index (κ1) is 18.5. The number of nitrogens with two attached hydrogens (primary N) is 1. The topological polar surface area (TPSA) is 90.1 Å². The summed E-state index contributed by atoms with van der Waals surface area (Å²) in [5, 5.41) is 0. The van der Waals surface area contributed by atoms with Crippen LogP contribution in [-0.2, 0) is 4.74 Å². The Hall–Kier alpha value is -1.47. The molecule has 2 unspecified atom stereocenters. The van der Waals surface area contributed by atoms with Crippen LogP contribution >= 0.6 is 0 Å². The van der Waals surface area contributed by atoms with Crippen LogP contribution in [0, 0.1) is 5.82 Å². The molecule has 116 valence electrons. The Morgan fingerprint density at radius 1 is 1.40 bits per heavy atom. The van der Waals surface area contributed by atoms with E-state index in [0.29, 0.717) is 6.42 Å².